The molecule has 0 aromatic carbocycles. The molecule has 96 valence electrons. The number of rotatable bonds is 3. The Kier molecular flexibility index (Phi) is 5.85. The highest BCUT2D eigenvalue weighted by Crippen LogP contribution is 2.20. The summed E-state index contributed by atoms with van der Waals surface area (Å²) in [5.74, 6) is 0.899. The zero-order valence-corrected chi connectivity index (χ0v) is 11.5. The third-order valence-electron chi connectivity index (χ3n) is 2.19. The van der Waals surface area contributed by atoms with Crippen molar-refractivity contribution >= 4 is 5.82 Å². The molecule has 2 heterocycles. The van der Waals surface area contributed by atoms with Crippen LogP contribution in [0.25, 0.3) is 11.1 Å². The molecule has 0 atom stereocenters. The van der Waals surface area contributed by atoms with E-state index in [1.807, 2.05) is 50.5 Å². The van der Waals surface area contributed by atoms with E-state index in [4.69, 9.17) is 0 Å². The second-order valence-corrected chi connectivity index (χ2v) is 3.97. The van der Waals surface area contributed by atoms with Gasteiger partial charge in [0, 0.05) is 30.2 Å². The molecular formula is C15H21N3. The molecule has 0 aliphatic rings. The number of hydrogen-bond donors (Lipinski definition) is 1. The van der Waals surface area contributed by atoms with E-state index in [0.717, 1.165) is 16.9 Å². The second-order valence-electron chi connectivity index (χ2n) is 3.97. The molecule has 0 aliphatic carbocycles. The Labute approximate surface area is 109 Å². The molecule has 0 aliphatic heterocycles. The third-order valence-corrected chi connectivity index (χ3v) is 2.19. The SMILES string of the molecule is CC.CC(C)Nc1cc(-c2cccnc2)ccn1. The van der Waals surface area contributed by atoms with E-state index >= 15 is 0 Å². The molecule has 0 unspecified atom stereocenters. The minimum atomic E-state index is 0.386. The van der Waals surface area contributed by atoms with Crippen LogP contribution in [0, 0.1) is 0 Å². The summed E-state index contributed by atoms with van der Waals surface area (Å²) in [6.07, 6.45) is 5.44. The van der Waals surface area contributed by atoms with Crippen molar-refractivity contribution in [1.29, 1.82) is 0 Å². The fourth-order valence-corrected chi connectivity index (χ4v) is 1.52. The molecule has 2 rings (SSSR count). The van der Waals surface area contributed by atoms with Crippen molar-refractivity contribution < 1.29 is 0 Å². The Morgan fingerprint density at radius 3 is 2.44 bits per heavy atom. The van der Waals surface area contributed by atoms with Gasteiger partial charge in [0.05, 0.1) is 0 Å². The van der Waals surface area contributed by atoms with Gasteiger partial charge in [-0.1, -0.05) is 19.9 Å². The van der Waals surface area contributed by atoms with Gasteiger partial charge in [-0.05, 0) is 37.6 Å². The number of nitrogens with zero attached hydrogens (tertiary/aromatic N) is 2. The Morgan fingerprint density at radius 2 is 1.83 bits per heavy atom. The first-order valence-electron chi connectivity index (χ1n) is 6.38. The molecule has 0 spiro atoms. The normalized spacial score (nSPS) is 9.61. The lowest BCUT2D eigenvalue weighted by atomic mass is 10.1. The van der Waals surface area contributed by atoms with Gasteiger partial charge in [-0.15, -0.1) is 0 Å². The van der Waals surface area contributed by atoms with Crippen LogP contribution in [0.3, 0.4) is 0 Å². The number of anilines is 1. The Balaban J connectivity index is 0.000000771. The van der Waals surface area contributed by atoms with Crippen LogP contribution in [0.4, 0.5) is 5.82 Å². The van der Waals surface area contributed by atoms with Crippen LogP contribution >= 0.6 is 0 Å². The van der Waals surface area contributed by atoms with Gasteiger partial charge in [0.2, 0.25) is 0 Å². The summed E-state index contributed by atoms with van der Waals surface area (Å²) in [5.41, 5.74) is 2.24. The molecule has 18 heavy (non-hydrogen) atoms. The number of pyridine rings is 2. The van der Waals surface area contributed by atoms with E-state index in [0.29, 0.717) is 6.04 Å². The molecule has 0 amide bonds. The van der Waals surface area contributed by atoms with Crippen LogP contribution in [0.5, 0.6) is 0 Å². The topological polar surface area (TPSA) is 37.8 Å². The van der Waals surface area contributed by atoms with E-state index < -0.39 is 0 Å². The second kappa shape index (κ2) is 7.43. The van der Waals surface area contributed by atoms with Crippen molar-refractivity contribution in [2.45, 2.75) is 33.7 Å². The van der Waals surface area contributed by atoms with Crippen molar-refractivity contribution in [3.05, 3.63) is 42.9 Å². The van der Waals surface area contributed by atoms with Gasteiger partial charge >= 0.3 is 0 Å². The summed E-state index contributed by atoms with van der Waals surface area (Å²) in [6, 6.07) is 8.39. The largest absolute Gasteiger partial charge is 0.368 e. The van der Waals surface area contributed by atoms with Gasteiger partial charge in [-0.2, -0.15) is 0 Å². The summed E-state index contributed by atoms with van der Waals surface area (Å²) >= 11 is 0. The number of aromatic nitrogens is 2. The zero-order valence-electron chi connectivity index (χ0n) is 11.5. The van der Waals surface area contributed by atoms with E-state index in [1.165, 1.54) is 0 Å². The van der Waals surface area contributed by atoms with E-state index in [1.54, 1.807) is 6.20 Å². The molecule has 2 aromatic rings. The van der Waals surface area contributed by atoms with Crippen molar-refractivity contribution in [2.75, 3.05) is 5.32 Å². The van der Waals surface area contributed by atoms with E-state index in [-0.39, 0.29) is 0 Å². The average molecular weight is 243 g/mol. The summed E-state index contributed by atoms with van der Waals surface area (Å²) in [4.78, 5) is 8.38. The number of hydrogen-bond acceptors (Lipinski definition) is 3. The summed E-state index contributed by atoms with van der Waals surface area (Å²) < 4.78 is 0. The first-order chi connectivity index (χ1) is 8.75. The molecule has 0 fully saturated rings. The van der Waals surface area contributed by atoms with Crippen LogP contribution in [0.15, 0.2) is 42.9 Å². The van der Waals surface area contributed by atoms with Crippen LogP contribution in [-0.4, -0.2) is 16.0 Å². The Hall–Kier alpha value is -1.90. The Bertz CT molecular complexity index is 452. The van der Waals surface area contributed by atoms with Gasteiger partial charge in [0.25, 0.3) is 0 Å². The smallest absolute Gasteiger partial charge is 0.126 e. The maximum Gasteiger partial charge on any atom is 0.126 e. The quantitative estimate of drug-likeness (QED) is 0.885. The van der Waals surface area contributed by atoms with Crippen molar-refractivity contribution in [1.82, 2.24) is 9.97 Å². The highest BCUT2D eigenvalue weighted by Gasteiger charge is 2.00. The summed E-state index contributed by atoms with van der Waals surface area (Å²) in [7, 11) is 0. The van der Waals surface area contributed by atoms with Crippen LogP contribution in [-0.2, 0) is 0 Å². The molecule has 0 saturated carbocycles. The highest BCUT2D eigenvalue weighted by molar-refractivity contribution is 5.65. The standard InChI is InChI=1S/C13H15N3.C2H6/c1-10(2)16-13-8-11(5-7-15-13)12-4-3-6-14-9-12;1-2/h3-10H,1-2H3,(H,15,16);1-2H3. The predicted octanol–water partition coefficient (Wildman–Crippen LogP) is 3.99. The zero-order chi connectivity index (χ0) is 13.4. The first kappa shape index (κ1) is 14.2. The van der Waals surface area contributed by atoms with Gasteiger partial charge in [-0.3, -0.25) is 4.98 Å². The highest BCUT2D eigenvalue weighted by atomic mass is 15.0. The summed E-state index contributed by atoms with van der Waals surface area (Å²) in [6.45, 7) is 8.19. The van der Waals surface area contributed by atoms with Gasteiger partial charge < -0.3 is 5.32 Å². The lowest BCUT2D eigenvalue weighted by Crippen LogP contribution is -2.10. The van der Waals surface area contributed by atoms with Crippen molar-refractivity contribution in [3.8, 4) is 11.1 Å². The first-order valence-corrected chi connectivity index (χ1v) is 6.38. The molecule has 3 nitrogen and oxygen atoms in total. The molecule has 3 heteroatoms. The average Bonchev–Trinajstić information content (AvgIpc) is 2.42. The van der Waals surface area contributed by atoms with Crippen LogP contribution < -0.4 is 5.32 Å². The van der Waals surface area contributed by atoms with Crippen LogP contribution in [0.2, 0.25) is 0 Å². The van der Waals surface area contributed by atoms with Gasteiger partial charge in [-0.25, -0.2) is 4.98 Å². The maximum absolute atomic E-state index is 4.27. The minimum absolute atomic E-state index is 0.386. The molecule has 0 radical (unpaired) electrons. The third kappa shape index (κ3) is 4.17. The van der Waals surface area contributed by atoms with E-state index in [2.05, 4.69) is 29.1 Å². The fourth-order valence-electron chi connectivity index (χ4n) is 1.52. The molecule has 0 saturated heterocycles. The van der Waals surface area contributed by atoms with Crippen LogP contribution in [0.1, 0.15) is 27.7 Å². The fraction of sp³-hybridized carbons (Fsp3) is 0.333. The van der Waals surface area contributed by atoms with Gasteiger partial charge in [0.1, 0.15) is 5.82 Å². The maximum atomic E-state index is 4.27. The lowest BCUT2D eigenvalue weighted by Gasteiger charge is -2.09. The Morgan fingerprint density at radius 1 is 1.06 bits per heavy atom. The minimum Gasteiger partial charge on any atom is -0.368 e. The molecule has 2 aromatic heterocycles. The molecule has 0 bridgehead atoms. The molecular weight excluding hydrogens is 222 g/mol. The van der Waals surface area contributed by atoms with Gasteiger partial charge in [0.15, 0.2) is 0 Å². The summed E-state index contributed by atoms with van der Waals surface area (Å²) in [5, 5.41) is 3.28. The monoisotopic (exact) mass is 243 g/mol. The van der Waals surface area contributed by atoms with E-state index in [9.17, 15) is 0 Å². The molecule has 1 N–H and O–H groups in total. The predicted molar refractivity (Wildman–Crippen MR) is 77.6 cm³/mol. The van der Waals surface area contributed by atoms with Crippen molar-refractivity contribution in [3.63, 3.8) is 0 Å². The lowest BCUT2D eigenvalue weighted by molar-refractivity contribution is 0.889. The van der Waals surface area contributed by atoms with Crippen molar-refractivity contribution in [2.24, 2.45) is 0 Å². The number of nitrogens with one attached hydrogen (secondary N) is 1.